The lowest BCUT2D eigenvalue weighted by Crippen LogP contribution is -2.32. The quantitative estimate of drug-likeness (QED) is 0.424. The third kappa shape index (κ3) is 4.94. The van der Waals surface area contributed by atoms with Crippen molar-refractivity contribution in [2.75, 3.05) is 25.5 Å². The number of aliphatic imine (C=N–C) groups is 1. The number of hydrogen-bond acceptors (Lipinski definition) is 5. The molecule has 1 aliphatic rings. The zero-order chi connectivity index (χ0) is 24.4. The maximum Gasteiger partial charge on any atom is 0.266 e. The van der Waals surface area contributed by atoms with Gasteiger partial charge in [0.15, 0.2) is 5.17 Å². The molecule has 0 aliphatic carbocycles. The zero-order valence-electron chi connectivity index (χ0n) is 20.6. The highest BCUT2D eigenvalue weighted by Gasteiger charge is 2.34. The topological polar surface area (TPSA) is 53.7 Å². The fraction of sp³-hybridized carbons (Fsp3) is 0.296. The Bertz CT molecular complexity index is 1240. The Balaban J connectivity index is 1.69. The Labute approximate surface area is 206 Å². The third-order valence-electron chi connectivity index (χ3n) is 5.69. The van der Waals surface area contributed by atoms with E-state index in [0.29, 0.717) is 17.4 Å². The lowest BCUT2D eigenvalue weighted by atomic mass is 10.2. The van der Waals surface area contributed by atoms with Gasteiger partial charge < -0.3 is 9.47 Å². The van der Waals surface area contributed by atoms with Gasteiger partial charge in [-0.25, -0.2) is 4.99 Å². The Kier molecular flexibility index (Phi) is 6.93. The summed E-state index contributed by atoms with van der Waals surface area (Å²) in [5.41, 5.74) is 6.16. The largest absolute Gasteiger partial charge is 0.378 e. The minimum atomic E-state index is 0.00791. The van der Waals surface area contributed by atoms with Crippen LogP contribution in [0.1, 0.15) is 30.8 Å². The van der Waals surface area contributed by atoms with Gasteiger partial charge in [-0.3, -0.25) is 14.7 Å². The number of thioether (sulfide) groups is 1. The number of amidine groups is 1. The summed E-state index contributed by atoms with van der Waals surface area (Å²) in [6.45, 7) is 9.01. The molecule has 1 amide bonds. The van der Waals surface area contributed by atoms with Crippen LogP contribution in [-0.2, 0) is 4.79 Å². The highest BCUT2D eigenvalue weighted by molar-refractivity contribution is 8.18. The van der Waals surface area contributed by atoms with Gasteiger partial charge in [-0.15, -0.1) is 0 Å². The smallest absolute Gasteiger partial charge is 0.266 e. The molecular formula is C27H31N5OS. The second-order valence-corrected chi connectivity index (χ2v) is 10.1. The van der Waals surface area contributed by atoms with E-state index in [4.69, 9.17) is 4.99 Å². The van der Waals surface area contributed by atoms with E-state index in [-0.39, 0.29) is 5.91 Å². The Morgan fingerprint density at radius 1 is 1.15 bits per heavy atom. The van der Waals surface area contributed by atoms with E-state index in [1.807, 2.05) is 62.8 Å². The van der Waals surface area contributed by atoms with Gasteiger partial charge >= 0.3 is 0 Å². The van der Waals surface area contributed by atoms with Crippen LogP contribution >= 0.6 is 11.8 Å². The van der Waals surface area contributed by atoms with Crippen LogP contribution < -0.4 is 4.90 Å². The normalized spacial score (nSPS) is 16.3. The molecule has 6 nitrogen and oxygen atoms in total. The number of amides is 1. The second kappa shape index (κ2) is 9.89. The Morgan fingerprint density at radius 2 is 1.88 bits per heavy atom. The van der Waals surface area contributed by atoms with Crippen molar-refractivity contribution in [3.63, 3.8) is 0 Å². The molecule has 0 saturated carbocycles. The molecule has 1 aliphatic heterocycles. The monoisotopic (exact) mass is 473 g/mol. The van der Waals surface area contributed by atoms with E-state index in [1.54, 1.807) is 11.1 Å². The SMILES string of the molecule is Cc1cc(/C=C2/SC(=Nc3ccc(N(C)C)cc3)N(CC(C)C)C2=O)c(C)n1-c1cccnc1. The molecule has 0 N–H and O–H groups in total. The lowest BCUT2D eigenvalue weighted by molar-refractivity contribution is -0.122. The number of carbonyl (C=O) groups is 1. The summed E-state index contributed by atoms with van der Waals surface area (Å²) in [7, 11) is 4.03. The predicted octanol–water partition coefficient (Wildman–Crippen LogP) is 5.82. The van der Waals surface area contributed by atoms with Crippen molar-refractivity contribution < 1.29 is 4.79 Å². The van der Waals surface area contributed by atoms with E-state index in [9.17, 15) is 4.79 Å². The first-order chi connectivity index (χ1) is 16.2. The number of aromatic nitrogens is 2. The minimum Gasteiger partial charge on any atom is -0.378 e. The van der Waals surface area contributed by atoms with Gasteiger partial charge in [-0.1, -0.05) is 13.8 Å². The molecule has 3 aromatic rings. The number of rotatable bonds is 6. The Morgan fingerprint density at radius 3 is 2.50 bits per heavy atom. The van der Waals surface area contributed by atoms with Crippen LogP contribution in [0.2, 0.25) is 0 Å². The van der Waals surface area contributed by atoms with Gasteiger partial charge in [0.05, 0.1) is 22.5 Å². The van der Waals surface area contributed by atoms with Crippen molar-refractivity contribution in [1.29, 1.82) is 0 Å². The summed E-state index contributed by atoms with van der Waals surface area (Å²) in [4.78, 5) is 27.0. The van der Waals surface area contributed by atoms with Crippen LogP contribution in [0, 0.1) is 19.8 Å². The molecule has 0 radical (unpaired) electrons. The molecule has 1 aromatic carbocycles. The molecule has 0 bridgehead atoms. The fourth-order valence-corrected chi connectivity index (χ4v) is 5.01. The summed E-state index contributed by atoms with van der Waals surface area (Å²) in [5.74, 6) is 0.342. The first-order valence-corrected chi connectivity index (χ1v) is 12.2. The molecule has 7 heteroatoms. The number of hydrogen-bond donors (Lipinski definition) is 0. The van der Waals surface area contributed by atoms with E-state index in [0.717, 1.165) is 39.2 Å². The van der Waals surface area contributed by atoms with Gasteiger partial charge in [0.1, 0.15) is 0 Å². The van der Waals surface area contributed by atoms with Gasteiger partial charge in [0, 0.05) is 43.9 Å². The van der Waals surface area contributed by atoms with Gasteiger partial charge in [-0.05, 0) is 85.6 Å². The molecule has 0 spiro atoms. The average molecular weight is 474 g/mol. The van der Waals surface area contributed by atoms with E-state index >= 15 is 0 Å². The van der Waals surface area contributed by atoms with Crippen molar-refractivity contribution in [2.24, 2.45) is 10.9 Å². The van der Waals surface area contributed by atoms with E-state index in [1.165, 1.54) is 11.8 Å². The third-order valence-corrected chi connectivity index (χ3v) is 6.69. The average Bonchev–Trinajstić information content (AvgIpc) is 3.24. The zero-order valence-corrected chi connectivity index (χ0v) is 21.4. The van der Waals surface area contributed by atoms with Crippen LogP contribution in [0.3, 0.4) is 0 Å². The molecule has 0 atom stereocenters. The van der Waals surface area contributed by atoms with Crippen molar-refractivity contribution in [3.8, 4) is 5.69 Å². The maximum absolute atomic E-state index is 13.4. The molecule has 34 heavy (non-hydrogen) atoms. The standard InChI is InChI=1S/C27H31N5OS/c1-18(2)17-31-26(33)25(34-27(31)29-22-9-11-23(12-10-22)30(5)6)15-21-14-19(3)32(20(21)4)24-8-7-13-28-16-24/h7-16,18H,17H2,1-6H3/b25-15+,29-27?. The van der Waals surface area contributed by atoms with Crippen molar-refractivity contribution >= 4 is 40.3 Å². The van der Waals surface area contributed by atoms with Crippen LogP contribution in [0.25, 0.3) is 11.8 Å². The number of anilines is 1. The summed E-state index contributed by atoms with van der Waals surface area (Å²) < 4.78 is 2.16. The van der Waals surface area contributed by atoms with Gasteiger partial charge in [0.2, 0.25) is 0 Å². The second-order valence-electron chi connectivity index (χ2n) is 9.10. The number of pyridine rings is 1. The van der Waals surface area contributed by atoms with Crippen molar-refractivity contribution in [2.45, 2.75) is 27.7 Å². The summed E-state index contributed by atoms with van der Waals surface area (Å²) in [6.07, 6.45) is 5.61. The summed E-state index contributed by atoms with van der Waals surface area (Å²) in [6, 6.07) is 14.1. The Hall–Kier alpha value is -3.32. The highest BCUT2D eigenvalue weighted by Crippen LogP contribution is 2.36. The first kappa shape index (κ1) is 23.8. The van der Waals surface area contributed by atoms with E-state index in [2.05, 4.69) is 48.2 Å². The molecular weight excluding hydrogens is 442 g/mol. The van der Waals surface area contributed by atoms with Crippen LogP contribution in [0.5, 0.6) is 0 Å². The molecule has 3 heterocycles. The van der Waals surface area contributed by atoms with Gasteiger partial charge in [0.25, 0.3) is 5.91 Å². The summed E-state index contributed by atoms with van der Waals surface area (Å²) >= 11 is 1.44. The van der Waals surface area contributed by atoms with Crippen molar-refractivity contribution in [3.05, 3.63) is 76.7 Å². The van der Waals surface area contributed by atoms with Gasteiger partial charge in [-0.2, -0.15) is 0 Å². The van der Waals surface area contributed by atoms with E-state index < -0.39 is 0 Å². The molecule has 1 saturated heterocycles. The molecule has 176 valence electrons. The first-order valence-electron chi connectivity index (χ1n) is 11.4. The molecule has 1 fully saturated rings. The maximum atomic E-state index is 13.4. The summed E-state index contributed by atoms with van der Waals surface area (Å²) in [5, 5.41) is 0.726. The fourth-order valence-electron chi connectivity index (χ4n) is 4.01. The molecule has 4 rings (SSSR count). The number of nitrogens with zero attached hydrogens (tertiary/aromatic N) is 5. The predicted molar refractivity (Wildman–Crippen MR) is 143 cm³/mol. The molecule has 0 unspecified atom stereocenters. The highest BCUT2D eigenvalue weighted by atomic mass is 32.2. The van der Waals surface area contributed by atoms with Crippen LogP contribution in [0.15, 0.2) is 64.8 Å². The number of carbonyl (C=O) groups excluding carboxylic acids is 1. The van der Waals surface area contributed by atoms with Crippen molar-refractivity contribution in [1.82, 2.24) is 14.5 Å². The minimum absolute atomic E-state index is 0.00791. The number of aryl methyl sites for hydroxylation is 1. The molecule has 2 aromatic heterocycles. The van der Waals surface area contributed by atoms with Crippen LogP contribution in [0.4, 0.5) is 11.4 Å². The lowest BCUT2D eigenvalue weighted by Gasteiger charge is -2.18. The van der Waals surface area contributed by atoms with Crippen LogP contribution in [-0.4, -0.2) is 46.2 Å². The number of benzene rings is 1.